The molecule has 2 heterocycles. The zero-order valence-corrected chi connectivity index (χ0v) is 14.1. The van der Waals surface area contributed by atoms with Gasteiger partial charge in [-0.25, -0.2) is 4.79 Å². The lowest BCUT2D eigenvalue weighted by Gasteiger charge is -2.39. The lowest BCUT2D eigenvalue weighted by molar-refractivity contribution is -0.0793. The van der Waals surface area contributed by atoms with Crippen LogP contribution in [-0.2, 0) is 4.74 Å². The molecule has 22 heavy (non-hydrogen) atoms. The molecule has 0 unspecified atom stereocenters. The van der Waals surface area contributed by atoms with Crippen LogP contribution < -0.4 is 5.32 Å². The second kappa shape index (κ2) is 6.75. The van der Waals surface area contributed by atoms with Gasteiger partial charge in [0.25, 0.3) is 0 Å². The Hall–Kier alpha value is -0.810. The number of hydrogen-bond donors (Lipinski definition) is 1. The van der Waals surface area contributed by atoms with Gasteiger partial charge in [0.2, 0.25) is 0 Å². The molecule has 5 heteroatoms. The van der Waals surface area contributed by atoms with Gasteiger partial charge in [-0.2, -0.15) is 0 Å². The predicted octanol–water partition coefficient (Wildman–Crippen LogP) is 2.07. The second-order valence-corrected chi connectivity index (χ2v) is 7.70. The molecule has 126 valence electrons. The molecule has 1 aliphatic carbocycles. The molecule has 2 amide bonds. The molecule has 0 aromatic heterocycles. The maximum absolute atomic E-state index is 11.9. The van der Waals surface area contributed by atoms with E-state index in [1.807, 2.05) is 0 Å². The fraction of sp³-hybridized carbons (Fsp3) is 0.941. The Bertz CT molecular complexity index is 395. The Morgan fingerprint density at radius 2 is 2.09 bits per heavy atom. The smallest absolute Gasteiger partial charge is 0.317 e. The first-order chi connectivity index (χ1) is 10.6. The summed E-state index contributed by atoms with van der Waals surface area (Å²) in [7, 11) is 3.59. The van der Waals surface area contributed by atoms with Crippen molar-refractivity contribution in [3.63, 3.8) is 0 Å². The number of carbonyl (C=O) groups is 1. The van der Waals surface area contributed by atoms with E-state index in [9.17, 15) is 4.79 Å². The average Bonchev–Trinajstić information content (AvgIpc) is 3.10. The first-order valence-electron chi connectivity index (χ1n) is 8.90. The van der Waals surface area contributed by atoms with E-state index in [2.05, 4.69) is 10.2 Å². The standard InChI is InChI=1S/C17H31N3O2/c1-19(2)16(21)18-15-7-10-22-17(11-15)8-9-20(13-17)12-14-5-3-4-6-14/h14-15H,3-13H2,1-2H3,(H,18,21)/t15-,17+/m0/s1. The van der Waals surface area contributed by atoms with Crippen LogP contribution in [0.3, 0.4) is 0 Å². The fourth-order valence-corrected chi connectivity index (χ4v) is 4.38. The molecule has 3 rings (SSSR count). The van der Waals surface area contributed by atoms with Gasteiger partial charge in [-0.15, -0.1) is 0 Å². The van der Waals surface area contributed by atoms with Crippen LogP contribution in [0.5, 0.6) is 0 Å². The Morgan fingerprint density at radius 3 is 2.82 bits per heavy atom. The summed E-state index contributed by atoms with van der Waals surface area (Å²) in [6.07, 6.45) is 8.67. The van der Waals surface area contributed by atoms with E-state index in [1.54, 1.807) is 19.0 Å². The Balaban J connectivity index is 1.51. The van der Waals surface area contributed by atoms with Crippen LogP contribution in [0.25, 0.3) is 0 Å². The van der Waals surface area contributed by atoms with Gasteiger partial charge in [-0.1, -0.05) is 12.8 Å². The van der Waals surface area contributed by atoms with Crippen molar-refractivity contribution in [1.29, 1.82) is 0 Å². The molecular weight excluding hydrogens is 278 g/mol. The SMILES string of the molecule is CN(C)C(=O)N[C@H]1CCO[C@]2(CCN(CC3CCCC3)C2)C1. The summed E-state index contributed by atoms with van der Waals surface area (Å²) in [4.78, 5) is 16.1. The molecule has 5 nitrogen and oxygen atoms in total. The number of likely N-dealkylation sites (tertiary alicyclic amines) is 1. The van der Waals surface area contributed by atoms with Crippen LogP contribution >= 0.6 is 0 Å². The third-order valence-corrected chi connectivity index (χ3v) is 5.61. The van der Waals surface area contributed by atoms with Crippen LogP contribution in [0, 0.1) is 5.92 Å². The second-order valence-electron chi connectivity index (χ2n) is 7.70. The minimum atomic E-state index is -0.0128. The van der Waals surface area contributed by atoms with Gasteiger partial charge >= 0.3 is 6.03 Å². The van der Waals surface area contributed by atoms with Crippen molar-refractivity contribution in [2.24, 2.45) is 5.92 Å². The minimum absolute atomic E-state index is 0.0128. The molecule has 3 fully saturated rings. The van der Waals surface area contributed by atoms with Gasteiger partial charge in [0.1, 0.15) is 0 Å². The molecule has 2 aliphatic heterocycles. The van der Waals surface area contributed by atoms with E-state index in [0.29, 0.717) is 0 Å². The molecule has 0 bridgehead atoms. The third kappa shape index (κ3) is 3.74. The molecule has 2 atom stereocenters. The highest BCUT2D eigenvalue weighted by Gasteiger charge is 2.43. The zero-order valence-electron chi connectivity index (χ0n) is 14.1. The van der Waals surface area contributed by atoms with Gasteiger partial charge in [0.15, 0.2) is 0 Å². The van der Waals surface area contributed by atoms with Crippen molar-refractivity contribution >= 4 is 6.03 Å². The Labute approximate surface area is 134 Å². The number of hydrogen-bond acceptors (Lipinski definition) is 3. The summed E-state index contributed by atoms with van der Waals surface area (Å²) in [6.45, 7) is 4.23. The lowest BCUT2D eigenvalue weighted by atomic mass is 9.89. The number of amides is 2. The molecule has 1 saturated carbocycles. The predicted molar refractivity (Wildman–Crippen MR) is 86.9 cm³/mol. The summed E-state index contributed by atoms with van der Waals surface area (Å²) >= 11 is 0. The molecule has 1 N–H and O–H groups in total. The number of urea groups is 1. The fourth-order valence-electron chi connectivity index (χ4n) is 4.38. The summed E-state index contributed by atoms with van der Waals surface area (Å²) in [6, 6.07) is 0.276. The van der Waals surface area contributed by atoms with Crippen molar-refractivity contribution in [2.75, 3.05) is 40.3 Å². The minimum Gasteiger partial charge on any atom is -0.373 e. The monoisotopic (exact) mass is 309 g/mol. The number of ether oxygens (including phenoxy) is 1. The van der Waals surface area contributed by atoms with E-state index in [0.717, 1.165) is 44.9 Å². The van der Waals surface area contributed by atoms with Gasteiger partial charge in [0.05, 0.1) is 5.60 Å². The lowest BCUT2D eigenvalue weighted by Crippen LogP contribution is -2.51. The van der Waals surface area contributed by atoms with Gasteiger partial charge in [-0.3, -0.25) is 0 Å². The Kier molecular flexibility index (Phi) is 4.93. The zero-order chi connectivity index (χ0) is 15.6. The largest absolute Gasteiger partial charge is 0.373 e. The van der Waals surface area contributed by atoms with Gasteiger partial charge in [-0.05, 0) is 38.0 Å². The van der Waals surface area contributed by atoms with Crippen LogP contribution in [0.4, 0.5) is 4.79 Å². The van der Waals surface area contributed by atoms with Crippen molar-refractivity contribution in [2.45, 2.75) is 56.6 Å². The van der Waals surface area contributed by atoms with Gasteiger partial charge in [0, 0.05) is 46.4 Å². The summed E-state index contributed by atoms with van der Waals surface area (Å²) in [5, 5.41) is 3.15. The first kappa shape index (κ1) is 16.1. The molecule has 3 aliphatic rings. The van der Waals surface area contributed by atoms with E-state index in [1.165, 1.54) is 32.2 Å². The first-order valence-corrected chi connectivity index (χ1v) is 8.90. The van der Waals surface area contributed by atoms with Crippen LogP contribution in [-0.4, -0.2) is 67.8 Å². The maximum Gasteiger partial charge on any atom is 0.317 e. The highest BCUT2D eigenvalue weighted by atomic mass is 16.5. The van der Waals surface area contributed by atoms with Crippen LogP contribution in [0.15, 0.2) is 0 Å². The van der Waals surface area contributed by atoms with Crippen molar-refractivity contribution in [3.05, 3.63) is 0 Å². The highest BCUT2D eigenvalue weighted by Crippen LogP contribution is 2.36. The van der Waals surface area contributed by atoms with Crippen LogP contribution in [0.2, 0.25) is 0 Å². The van der Waals surface area contributed by atoms with Crippen LogP contribution in [0.1, 0.15) is 44.9 Å². The molecule has 0 aromatic rings. The molecule has 1 spiro atoms. The Morgan fingerprint density at radius 1 is 1.32 bits per heavy atom. The molecule has 2 saturated heterocycles. The quantitative estimate of drug-likeness (QED) is 0.868. The molecular formula is C17H31N3O2. The van der Waals surface area contributed by atoms with Crippen molar-refractivity contribution in [1.82, 2.24) is 15.1 Å². The third-order valence-electron chi connectivity index (χ3n) is 5.61. The van der Waals surface area contributed by atoms with E-state index in [-0.39, 0.29) is 17.7 Å². The topological polar surface area (TPSA) is 44.8 Å². The number of nitrogens with one attached hydrogen (secondary N) is 1. The highest BCUT2D eigenvalue weighted by molar-refractivity contribution is 5.73. The number of rotatable bonds is 3. The van der Waals surface area contributed by atoms with E-state index in [4.69, 9.17) is 4.74 Å². The molecule has 0 radical (unpaired) electrons. The van der Waals surface area contributed by atoms with Crippen molar-refractivity contribution < 1.29 is 9.53 Å². The normalized spacial score (nSPS) is 33.5. The van der Waals surface area contributed by atoms with Crippen molar-refractivity contribution in [3.8, 4) is 0 Å². The van der Waals surface area contributed by atoms with E-state index < -0.39 is 0 Å². The maximum atomic E-state index is 11.9. The average molecular weight is 309 g/mol. The van der Waals surface area contributed by atoms with E-state index >= 15 is 0 Å². The summed E-state index contributed by atoms with van der Waals surface area (Å²) in [5.74, 6) is 0.906. The summed E-state index contributed by atoms with van der Waals surface area (Å²) in [5.41, 5.74) is -0.0128. The number of carbonyl (C=O) groups excluding carboxylic acids is 1. The summed E-state index contributed by atoms with van der Waals surface area (Å²) < 4.78 is 6.19. The molecule has 0 aromatic carbocycles. The number of nitrogens with zero attached hydrogens (tertiary/aromatic N) is 2. The van der Waals surface area contributed by atoms with Gasteiger partial charge < -0.3 is 19.9 Å².